The first kappa shape index (κ1) is 11.0. The van der Waals surface area contributed by atoms with Gasteiger partial charge in [-0.15, -0.1) is 0 Å². The number of ether oxygens (including phenoxy) is 2. The summed E-state index contributed by atoms with van der Waals surface area (Å²) in [6.45, 7) is 1.31. The summed E-state index contributed by atoms with van der Waals surface area (Å²) in [6, 6.07) is 9.96. The minimum Gasteiger partial charge on any atom is -0.373 e. The average molecular weight is 219 g/mol. The van der Waals surface area contributed by atoms with Crippen molar-refractivity contribution in [2.24, 2.45) is 5.11 Å². The first-order chi connectivity index (χ1) is 7.90. The van der Waals surface area contributed by atoms with Crippen LogP contribution in [0.1, 0.15) is 11.7 Å². The van der Waals surface area contributed by atoms with Gasteiger partial charge in [-0.1, -0.05) is 35.4 Å². The van der Waals surface area contributed by atoms with Gasteiger partial charge in [-0.3, -0.25) is 0 Å². The second kappa shape index (κ2) is 5.51. The summed E-state index contributed by atoms with van der Waals surface area (Å²) < 4.78 is 11.2. The highest BCUT2D eigenvalue weighted by atomic mass is 16.6. The van der Waals surface area contributed by atoms with Crippen molar-refractivity contribution in [1.29, 1.82) is 0 Å². The Bertz CT molecular complexity index is 368. The van der Waals surface area contributed by atoms with Crippen LogP contribution >= 0.6 is 0 Å². The quantitative estimate of drug-likeness (QED) is 0.445. The topological polar surface area (TPSA) is 67.2 Å². The van der Waals surface area contributed by atoms with Crippen LogP contribution in [0.2, 0.25) is 0 Å². The Balaban J connectivity index is 1.88. The van der Waals surface area contributed by atoms with Gasteiger partial charge in [0.15, 0.2) is 0 Å². The molecule has 2 atom stereocenters. The summed E-state index contributed by atoms with van der Waals surface area (Å²) in [7, 11) is 0. The highest BCUT2D eigenvalue weighted by molar-refractivity contribution is 5.17. The normalized spacial score (nSPS) is 24.8. The number of azide groups is 1. The summed E-state index contributed by atoms with van der Waals surface area (Å²) in [5.41, 5.74) is 9.30. The molecule has 0 aliphatic carbocycles. The van der Waals surface area contributed by atoms with E-state index in [1.165, 1.54) is 0 Å². The maximum Gasteiger partial charge on any atom is 0.106 e. The maximum atomic E-state index is 8.19. The average Bonchev–Trinajstić information content (AvgIpc) is 2.38. The van der Waals surface area contributed by atoms with Crippen molar-refractivity contribution in [3.63, 3.8) is 0 Å². The van der Waals surface area contributed by atoms with Crippen molar-refractivity contribution < 1.29 is 9.47 Å². The highest BCUT2D eigenvalue weighted by Crippen LogP contribution is 2.22. The van der Waals surface area contributed by atoms with E-state index in [9.17, 15) is 0 Å². The third kappa shape index (κ3) is 2.73. The van der Waals surface area contributed by atoms with Crippen LogP contribution in [-0.4, -0.2) is 25.9 Å². The molecule has 0 N–H and O–H groups in total. The van der Waals surface area contributed by atoms with Crippen molar-refractivity contribution in [2.45, 2.75) is 12.2 Å². The van der Waals surface area contributed by atoms with E-state index in [0.717, 1.165) is 5.56 Å². The zero-order valence-corrected chi connectivity index (χ0v) is 8.82. The fourth-order valence-electron chi connectivity index (χ4n) is 1.64. The fourth-order valence-corrected chi connectivity index (χ4v) is 1.64. The third-order valence-corrected chi connectivity index (χ3v) is 2.49. The van der Waals surface area contributed by atoms with Crippen molar-refractivity contribution in [3.8, 4) is 0 Å². The molecule has 0 bridgehead atoms. The summed E-state index contributed by atoms with van der Waals surface area (Å²) in [5, 5.41) is 3.47. The van der Waals surface area contributed by atoms with E-state index in [2.05, 4.69) is 10.0 Å². The lowest BCUT2D eigenvalue weighted by atomic mass is 10.1. The van der Waals surface area contributed by atoms with Gasteiger partial charge in [-0.2, -0.15) is 0 Å². The van der Waals surface area contributed by atoms with Gasteiger partial charge in [0.05, 0.1) is 25.9 Å². The number of benzene rings is 1. The largest absolute Gasteiger partial charge is 0.373 e. The SMILES string of the molecule is [N-]=[N+]=NCC1COC(c2ccccc2)CO1. The van der Waals surface area contributed by atoms with Gasteiger partial charge in [0.25, 0.3) is 0 Å². The molecule has 84 valence electrons. The second-order valence-electron chi connectivity index (χ2n) is 3.60. The Hall–Kier alpha value is -1.55. The van der Waals surface area contributed by atoms with E-state index in [1.807, 2.05) is 30.3 Å². The lowest BCUT2D eigenvalue weighted by Gasteiger charge is -2.28. The smallest absolute Gasteiger partial charge is 0.106 e. The Labute approximate surface area is 93.6 Å². The van der Waals surface area contributed by atoms with E-state index in [0.29, 0.717) is 19.8 Å². The van der Waals surface area contributed by atoms with Crippen molar-refractivity contribution in [3.05, 3.63) is 46.3 Å². The van der Waals surface area contributed by atoms with Crippen molar-refractivity contribution >= 4 is 0 Å². The zero-order chi connectivity index (χ0) is 11.2. The summed E-state index contributed by atoms with van der Waals surface area (Å²) in [5.74, 6) is 0. The molecule has 1 aliphatic rings. The van der Waals surface area contributed by atoms with E-state index in [-0.39, 0.29) is 12.2 Å². The molecule has 1 heterocycles. The molecule has 5 nitrogen and oxygen atoms in total. The summed E-state index contributed by atoms with van der Waals surface area (Å²) in [6.07, 6.45) is -0.126. The van der Waals surface area contributed by atoms with Crippen LogP contribution in [0.25, 0.3) is 10.4 Å². The van der Waals surface area contributed by atoms with Crippen LogP contribution in [0.15, 0.2) is 35.4 Å². The molecule has 16 heavy (non-hydrogen) atoms. The van der Waals surface area contributed by atoms with Gasteiger partial charge in [-0.05, 0) is 11.1 Å². The molecule has 0 spiro atoms. The van der Waals surface area contributed by atoms with Gasteiger partial charge in [-0.25, -0.2) is 0 Å². The highest BCUT2D eigenvalue weighted by Gasteiger charge is 2.22. The van der Waals surface area contributed by atoms with E-state index < -0.39 is 0 Å². The first-order valence-corrected chi connectivity index (χ1v) is 5.19. The molecule has 0 radical (unpaired) electrons. The molecule has 0 amide bonds. The number of hydrogen-bond acceptors (Lipinski definition) is 3. The standard InChI is InChI=1S/C11H13N3O2/c12-14-13-6-10-7-16-11(8-15-10)9-4-2-1-3-5-9/h1-5,10-11H,6-8H2. The lowest BCUT2D eigenvalue weighted by molar-refractivity contribution is -0.131. The van der Waals surface area contributed by atoms with Gasteiger partial charge >= 0.3 is 0 Å². The lowest BCUT2D eigenvalue weighted by Crippen LogP contribution is -2.32. The predicted octanol–water partition coefficient (Wildman–Crippen LogP) is 2.45. The molecule has 5 heteroatoms. The predicted molar refractivity (Wildman–Crippen MR) is 58.9 cm³/mol. The van der Waals surface area contributed by atoms with Gasteiger partial charge in [0, 0.05) is 4.91 Å². The molecular weight excluding hydrogens is 206 g/mol. The second-order valence-corrected chi connectivity index (χ2v) is 3.60. The van der Waals surface area contributed by atoms with Crippen LogP contribution in [0, 0.1) is 0 Å². The van der Waals surface area contributed by atoms with Crippen molar-refractivity contribution in [2.75, 3.05) is 19.8 Å². The molecule has 1 aromatic carbocycles. The Morgan fingerprint density at radius 3 is 2.69 bits per heavy atom. The fraction of sp³-hybridized carbons (Fsp3) is 0.455. The van der Waals surface area contributed by atoms with E-state index in [4.69, 9.17) is 15.0 Å². The minimum atomic E-state index is -0.115. The Kier molecular flexibility index (Phi) is 3.77. The van der Waals surface area contributed by atoms with Gasteiger partial charge < -0.3 is 9.47 Å². The molecule has 2 rings (SSSR count). The van der Waals surface area contributed by atoms with Gasteiger partial charge in [0.1, 0.15) is 6.10 Å². The molecule has 1 aromatic rings. The minimum absolute atomic E-state index is 0.0106. The van der Waals surface area contributed by atoms with Crippen LogP contribution in [0.4, 0.5) is 0 Å². The molecule has 1 saturated heterocycles. The monoisotopic (exact) mass is 219 g/mol. The molecule has 2 unspecified atom stereocenters. The number of hydrogen-bond donors (Lipinski definition) is 0. The maximum absolute atomic E-state index is 8.19. The zero-order valence-electron chi connectivity index (χ0n) is 8.82. The number of nitrogens with zero attached hydrogens (tertiary/aromatic N) is 3. The Morgan fingerprint density at radius 2 is 2.06 bits per heavy atom. The van der Waals surface area contributed by atoms with Crippen LogP contribution in [-0.2, 0) is 9.47 Å². The van der Waals surface area contributed by atoms with E-state index in [1.54, 1.807) is 0 Å². The van der Waals surface area contributed by atoms with E-state index >= 15 is 0 Å². The molecule has 0 saturated carbocycles. The molecule has 0 aromatic heterocycles. The summed E-state index contributed by atoms with van der Waals surface area (Å²) in [4.78, 5) is 2.70. The van der Waals surface area contributed by atoms with Crippen LogP contribution in [0.5, 0.6) is 0 Å². The van der Waals surface area contributed by atoms with Gasteiger partial charge in [0.2, 0.25) is 0 Å². The third-order valence-electron chi connectivity index (χ3n) is 2.49. The Morgan fingerprint density at radius 1 is 1.25 bits per heavy atom. The van der Waals surface area contributed by atoms with Crippen molar-refractivity contribution in [1.82, 2.24) is 0 Å². The first-order valence-electron chi connectivity index (χ1n) is 5.19. The summed E-state index contributed by atoms with van der Waals surface area (Å²) >= 11 is 0. The van der Waals surface area contributed by atoms with Crippen LogP contribution in [0.3, 0.4) is 0 Å². The number of rotatable bonds is 3. The molecule has 1 aliphatic heterocycles. The molecule has 1 fully saturated rings. The molecular formula is C11H13N3O2. The van der Waals surface area contributed by atoms with Crippen LogP contribution < -0.4 is 0 Å².